The summed E-state index contributed by atoms with van der Waals surface area (Å²) in [5.74, 6) is -0.127. The molecular formula is C54H101NO5. The molecule has 0 aromatic heterocycles. The molecule has 0 aliphatic carbocycles. The third kappa shape index (κ3) is 45.6. The summed E-state index contributed by atoms with van der Waals surface area (Å²) in [7, 11) is 0. The van der Waals surface area contributed by atoms with E-state index in [1.807, 2.05) is 6.08 Å². The van der Waals surface area contributed by atoms with Gasteiger partial charge in [-0.3, -0.25) is 9.59 Å². The quantitative estimate of drug-likeness (QED) is 0.0322. The Morgan fingerprint density at radius 3 is 1.18 bits per heavy atom. The van der Waals surface area contributed by atoms with Crippen LogP contribution in [0.2, 0.25) is 0 Å². The Bertz CT molecular complexity index is 977. The van der Waals surface area contributed by atoms with Crippen LogP contribution < -0.4 is 5.32 Å². The first-order chi connectivity index (χ1) is 29.5. The molecule has 0 heterocycles. The van der Waals surface area contributed by atoms with Gasteiger partial charge in [-0.05, 0) is 89.9 Å². The highest BCUT2D eigenvalue weighted by atomic mass is 16.5. The number of allylic oxidation sites excluding steroid dienone is 5. The summed E-state index contributed by atoms with van der Waals surface area (Å²) in [6.45, 7) is 4.83. The molecule has 0 spiro atoms. The number of rotatable bonds is 48. The smallest absolute Gasteiger partial charge is 0.305 e. The van der Waals surface area contributed by atoms with Crippen molar-refractivity contribution in [2.45, 2.75) is 283 Å². The largest absolute Gasteiger partial charge is 0.466 e. The zero-order chi connectivity index (χ0) is 43.7. The molecule has 0 aromatic carbocycles. The van der Waals surface area contributed by atoms with Crippen molar-refractivity contribution in [2.24, 2.45) is 0 Å². The van der Waals surface area contributed by atoms with E-state index >= 15 is 0 Å². The van der Waals surface area contributed by atoms with E-state index in [0.717, 1.165) is 83.5 Å². The van der Waals surface area contributed by atoms with Gasteiger partial charge in [0.25, 0.3) is 0 Å². The summed E-state index contributed by atoms with van der Waals surface area (Å²) in [5.41, 5.74) is 0. The van der Waals surface area contributed by atoms with Crippen molar-refractivity contribution in [3.8, 4) is 0 Å². The first-order valence-corrected chi connectivity index (χ1v) is 26.3. The predicted octanol–water partition coefficient (Wildman–Crippen LogP) is 15.7. The maximum absolute atomic E-state index is 12.4. The minimum atomic E-state index is -0.861. The van der Waals surface area contributed by atoms with Gasteiger partial charge in [0.1, 0.15) is 0 Å². The Kier molecular flexibility index (Phi) is 48.1. The van der Waals surface area contributed by atoms with Crippen LogP contribution in [0.4, 0.5) is 0 Å². The second-order valence-electron chi connectivity index (χ2n) is 17.8. The number of unbranched alkanes of at least 4 members (excludes halogenated alkanes) is 33. The van der Waals surface area contributed by atoms with Gasteiger partial charge in [-0.15, -0.1) is 0 Å². The molecule has 2 unspecified atom stereocenters. The predicted molar refractivity (Wildman–Crippen MR) is 259 cm³/mol. The number of carbonyl (C=O) groups excluding carboxylic acids is 2. The van der Waals surface area contributed by atoms with Crippen molar-refractivity contribution in [2.75, 3.05) is 13.2 Å². The minimum absolute atomic E-state index is 0.0333. The highest BCUT2D eigenvalue weighted by Crippen LogP contribution is 2.15. The van der Waals surface area contributed by atoms with E-state index in [-0.39, 0.29) is 18.5 Å². The lowest BCUT2D eigenvalue weighted by Crippen LogP contribution is -2.45. The topological polar surface area (TPSA) is 95.9 Å². The summed E-state index contributed by atoms with van der Waals surface area (Å²) in [6.07, 6.45) is 60.0. The van der Waals surface area contributed by atoms with Crippen LogP contribution in [0, 0.1) is 0 Å². The number of esters is 1. The van der Waals surface area contributed by atoms with Crippen LogP contribution in [0.3, 0.4) is 0 Å². The van der Waals surface area contributed by atoms with Gasteiger partial charge >= 0.3 is 5.97 Å². The van der Waals surface area contributed by atoms with Gasteiger partial charge in [-0.2, -0.15) is 0 Å². The van der Waals surface area contributed by atoms with Crippen LogP contribution >= 0.6 is 0 Å². The highest BCUT2D eigenvalue weighted by molar-refractivity contribution is 5.76. The molecule has 0 saturated heterocycles. The third-order valence-electron chi connectivity index (χ3n) is 11.9. The lowest BCUT2D eigenvalue weighted by molar-refractivity contribution is -0.143. The van der Waals surface area contributed by atoms with Gasteiger partial charge in [0.2, 0.25) is 5.91 Å². The molecule has 0 aliphatic heterocycles. The third-order valence-corrected chi connectivity index (χ3v) is 11.9. The second-order valence-corrected chi connectivity index (χ2v) is 17.8. The fourth-order valence-corrected chi connectivity index (χ4v) is 7.80. The van der Waals surface area contributed by atoms with E-state index in [1.54, 1.807) is 6.08 Å². The summed E-state index contributed by atoms with van der Waals surface area (Å²) in [4.78, 5) is 24.4. The zero-order valence-electron chi connectivity index (χ0n) is 39.9. The molecule has 0 fully saturated rings. The molecule has 2 atom stereocenters. The van der Waals surface area contributed by atoms with Crippen molar-refractivity contribution >= 4 is 11.9 Å². The molecule has 0 radical (unpaired) electrons. The maximum Gasteiger partial charge on any atom is 0.305 e. The number of carbonyl (C=O) groups is 2. The molecule has 1 amide bonds. The van der Waals surface area contributed by atoms with Crippen LogP contribution in [0.25, 0.3) is 0 Å². The van der Waals surface area contributed by atoms with Gasteiger partial charge in [0, 0.05) is 12.8 Å². The molecular weight excluding hydrogens is 743 g/mol. The molecule has 0 aromatic rings. The normalized spacial score (nSPS) is 12.9. The van der Waals surface area contributed by atoms with Crippen LogP contribution in [0.15, 0.2) is 36.5 Å². The van der Waals surface area contributed by atoms with Gasteiger partial charge in [-0.25, -0.2) is 0 Å². The van der Waals surface area contributed by atoms with E-state index in [4.69, 9.17) is 4.74 Å². The first kappa shape index (κ1) is 58.1. The van der Waals surface area contributed by atoms with E-state index in [0.29, 0.717) is 19.4 Å². The number of ether oxygens (including phenoxy) is 1. The standard InChI is InChI=1S/C54H101NO5/c1-3-5-7-9-11-13-15-17-19-20-21-22-26-30-34-38-42-46-52(57)51(50-56)55-53(58)47-43-39-35-31-27-24-25-29-33-37-41-45-49-60-54(59)48-44-40-36-32-28-23-18-16-14-12-10-8-6-4-2/h16,18,25,29,42,46,51-52,56-57H,3-15,17,19-24,26-28,30-41,43-45,47-50H2,1-2H3,(H,55,58)/b18-16-,29-25-,46-42+. The number of aliphatic hydroxyl groups is 2. The fourth-order valence-electron chi connectivity index (χ4n) is 7.80. The molecule has 6 heteroatoms. The monoisotopic (exact) mass is 844 g/mol. The van der Waals surface area contributed by atoms with E-state index in [1.165, 1.54) is 161 Å². The maximum atomic E-state index is 12.4. The SMILES string of the molecule is CCCCCCC/C=C\CCCCCCCC(=O)OCCCCC/C=C\CCCCCCCC(=O)NC(CO)C(O)/C=C/CCCCCCCCCCCCCCCCC. The van der Waals surface area contributed by atoms with Gasteiger partial charge in [-0.1, -0.05) is 204 Å². The summed E-state index contributed by atoms with van der Waals surface area (Å²) in [5, 5.41) is 23.1. The molecule has 0 aliphatic rings. The average molecular weight is 844 g/mol. The lowest BCUT2D eigenvalue weighted by Gasteiger charge is -2.20. The van der Waals surface area contributed by atoms with Crippen LogP contribution in [-0.2, 0) is 14.3 Å². The average Bonchev–Trinajstić information content (AvgIpc) is 3.25. The number of amides is 1. The van der Waals surface area contributed by atoms with E-state index in [2.05, 4.69) is 43.5 Å². The molecule has 0 rings (SSSR count). The van der Waals surface area contributed by atoms with Crippen molar-refractivity contribution < 1.29 is 24.5 Å². The van der Waals surface area contributed by atoms with Gasteiger partial charge < -0.3 is 20.3 Å². The van der Waals surface area contributed by atoms with Crippen molar-refractivity contribution in [3.63, 3.8) is 0 Å². The summed E-state index contributed by atoms with van der Waals surface area (Å²) in [6, 6.07) is -0.647. The number of hydrogen-bond acceptors (Lipinski definition) is 5. The minimum Gasteiger partial charge on any atom is -0.466 e. The highest BCUT2D eigenvalue weighted by Gasteiger charge is 2.18. The molecule has 60 heavy (non-hydrogen) atoms. The number of aliphatic hydroxyl groups excluding tert-OH is 2. The molecule has 0 saturated carbocycles. The molecule has 6 nitrogen and oxygen atoms in total. The Morgan fingerprint density at radius 2 is 0.783 bits per heavy atom. The van der Waals surface area contributed by atoms with Crippen LogP contribution in [0.5, 0.6) is 0 Å². The fraction of sp³-hybridized carbons (Fsp3) is 0.852. The molecule has 0 bridgehead atoms. The Morgan fingerprint density at radius 1 is 0.450 bits per heavy atom. The zero-order valence-corrected chi connectivity index (χ0v) is 39.9. The second kappa shape index (κ2) is 49.7. The van der Waals surface area contributed by atoms with Gasteiger partial charge in [0.15, 0.2) is 0 Å². The van der Waals surface area contributed by atoms with Gasteiger partial charge in [0.05, 0.1) is 25.4 Å². The van der Waals surface area contributed by atoms with Crippen molar-refractivity contribution in [1.29, 1.82) is 0 Å². The van der Waals surface area contributed by atoms with E-state index in [9.17, 15) is 19.8 Å². The molecule has 352 valence electrons. The van der Waals surface area contributed by atoms with Crippen molar-refractivity contribution in [3.05, 3.63) is 36.5 Å². The Labute approximate surface area is 373 Å². The Hall–Kier alpha value is -1.92. The summed E-state index contributed by atoms with van der Waals surface area (Å²) < 4.78 is 5.44. The van der Waals surface area contributed by atoms with E-state index < -0.39 is 12.1 Å². The molecule has 3 N–H and O–H groups in total. The number of hydrogen-bond donors (Lipinski definition) is 3. The Balaban J connectivity index is 3.56. The first-order valence-electron chi connectivity index (χ1n) is 26.3. The van der Waals surface area contributed by atoms with Crippen LogP contribution in [-0.4, -0.2) is 47.4 Å². The van der Waals surface area contributed by atoms with Crippen LogP contribution in [0.1, 0.15) is 271 Å². The number of nitrogens with one attached hydrogen (secondary N) is 1. The summed E-state index contributed by atoms with van der Waals surface area (Å²) >= 11 is 0. The lowest BCUT2D eigenvalue weighted by atomic mass is 10.0. The van der Waals surface area contributed by atoms with Crippen molar-refractivity contribution in [1.82, 2.24) is 5.32 Å².